The van der Waals surface area contributed by atoms with E-state index in [1.807, 2.05) is 17.5 Å². The van der Waals surface area contributed by atoms with Gasteiger partial charge in [-0.05, 0) is 36.2 Å². The number of rotatable bonds is 5. The molecule has 0 radical (unpaired) electrons. The number of nitrogens with zero attached hydrogens (tertiary/aromatic N) is 2. The smallest absolute Gasteiger partial charge is 0.131 e. The summed E-state index contributed by atoms with van der Waals surface area (Å²) in [4.78, 5) is 8.49. The van der Waals surface area contributed by atoms with E-state index in [4.69, 9.17) is 16.3 Å². The average molecular weight is 428 g/mol. The quantitative estimate of drug-likeness (QED) is 0.636. The van der Waals surface area contributed by atoms with Gasteiger partial charge in [0.05, 0.1) is 10.2 Å². The van der Waals surface area contributed by atoms with Gasteiger partial charge in [-0.15, -0.1) is 11.3 Å². The predicted molar refractivity (Wildman–Crippen MR) is 121 cm³/mol. The molecule has 6 heteroatoms. The van der Waals surface area contributed by atoms with Crippen LogP contribution in [0, 0.1) is 0 Å². The third kappa shape index (κ3) is 3.89. The van der Waals surface area contributed by atoms with Gasteiger partial charge in [-0.3, -0.25) is 9.88 Å². The molecule has 1 aromatic carbocycles. The molecule has 0 aliphatic carbocycles. The zero-order valence-electron chi connectivity index (χ0n) is 16.7. The maximum Gasteiger partial charge on any atom is 0.131 e. The van der Waals surface area contributed by atoms with Gasteiger partial charge in [0, 0.05) is 66.4 Å². The first-order valence-corrected chi connectivity index (χ1v) is 11.7. The molecule has 152 valence electrons. The highest BCUT2D eigenvalue weighted by Crippen LogP contribution is 2.44. The van der Waals surface area contributed by atoms with Gasteiger partial charge >= 0.3 is 0 Å². The first-order valence-electron chi connectivity index (χ1n) is 10.5. The fourth-order valence-electron chi connectivity index (χ4n) is 4.45. The molecule has 4 nitrogen and oxygen atoms in total. The Morgan fingerprint density at radius 3 is 2.93 bits per heavy atom. The van der Waals surface area contributed by atoms with Crippen LogP contribution in [0.5, 0.6) is 5.75 Å². The van der Waals surface area contributed by atoms with Gasteiger partial charge in [0.15, 0.2) is 0 Å². The van der Waals surface area contributed by atoms with Gasteiger partial charge in [0.2, 0.25) is 0 Å². The number of thiophene rings is 1. The van der Waals surface area contributed by atoms with Crippen LogP contribution in [0.3, 0.4) is 0 Å². The number of ether oxygens (including phenoxy) is 1. The number of benzene rings is 1. The van der Waals surface area contributed by atoms with Crippen molar-refractivity contribution in [3.05, 3.63) is 45.9 Å². The Bertz CT molecular complexity index is 1030. The van der Waals surface area contributed by atoms with Crippen molar-refractivity contribution in [2.24, 2.45) is 0 Å². The maximum atomic E-state index is 6.54. The number of hydrogen-bond acceptors (Lipinski definition) is 5. The van der Waals surface area contributed by atoms with Gasteiger partial charge < -0.3 is 10.1 Å². The minimum Gasteiger partial charge on any atom is -0.488 e. The second kappa shape index (κ2) is 8.23. The highest BCUT2D eigenvalue weighted by molar-refractivity contribution is 7.19. The third-order valence-electron chi connectivity index (χ3n) is 5.78. The topological polar surface area (TPSA) is 37.4 Å². The molecule has 1 unspecified atom stereocenters. The van der Waals surface area contributed by atoms with Crippen molar-refractivity contribution in [1.82, 2.24) is 15.2 Å². The first kappa shape index (κ1) is 19.3. The van der Waals surface area contributed by atoms with Crippen LogP contribution in [0.15, 0.2) is 30.5 Å². The van der Waals surface area contributed by atoms with Gasteiger partial charge in [0.25, 0.3) is 0 Å². The lowest BCUT2D eigenvalue weighted by molar-refractivity contribution is 0.140. The molecule has 4 heterocycles. The lowest BCUT2D eigenvalue weighted by Gasteiger charge is -2.29. The standard InChI is InChI=1S/C23H26ClN3OS/c1-2-3-18-13-21-23(29-18)19(4-5-26-21)20-12-16(24)10-15-11-17(28-22(15)20)14-27-8-6-25-7-9-27/h4-5,10,12-13,17,25H,2-3,6-9,11,14H2,1H3. The fraction of sp³-hybridized carbons (Fsp3) is 0.435. The van der Waals surface area contributed by atoms with Crippen LogP contribution in [0.2, 0.25) is 5.02 Å². The molecule has 5 rings (SSSR count). The van der Waals surface area contributed by atoms with Crippen LogP contribution in [0.1, 0.15) is 23.8 Å². The summed E-state index contributed by atoms with van der Waals surface area (Å²) in [5.41, 5.74) is 4.58. The summed E-state index contributed by atoms with van der Waals surface area (Å²) >= 11 is 8.39. The number of halogens is 1. The van der Waals surface area contributed by atoms with Crippen molar-refractivity contribution in [2.75, 3.05) is 32.7 Å². The Balaban J connectivity index is 1.49. The Morgan fingerprint density at radius 1 is 1.24 bits per heavy atom. The van der Waals surface area contributed by atoms with Crippen molar-refractivity contribution >= 4 is 33.2 Å². The first-order chi connectivity index (χ1) is 14.2. The van der Waals surface area contributed by atoms with Gasteiger partial charge in [0.1, 0.15) is 11.9 Å². The zero-order chi connectivity index (χ0) is 19.8. The van der Waals surface area contributed by atoms with Crippen molar-refractivity contribution in [3.8, 4) is 16.9 Å². The Hall–Kier alpha value is -1.66. The van der Waals surface area contributed by atoms with Crippen LogP contribution in [0.25, 0.3) is 21.3 Å². The summed E-state index contributed by atoms with van der Waals surface area (Å²) in [5.74, 6) is 1.01. The van der Waals surface area contributed by atoms with Crippen LogP contribution in [0.4, 0.5) is 0 Å². The summed E-state index contributed by atoms with van der Waals surface area (Å²) in [6.07, 6.45) is 5.26. The summed E-state index contributed by atoms with van der Waals surface area (Å²) in [6.45, 7) is 7.48. The monoisotopic (exact) mass is 427 g/mol. The van der Waals surface area contributed by atoms with E-state index >= 15 is 0 Å². The Labute approximate surface area is 180 Å². The van der Waals surface area contributed by atoms with E-state index in [0.29, 0.717) is 0 Å². The number of hydrogen-bond donors (Lipinski definition) is 1. The molecular weight excluding hydrogens is 402 g/mol. The molecular formula is C23H26ClN3OS. The second-order valence-corrected chi connectivity index (χ2v) is 9.54. The van der Waals surface area contributed by atoms with Crippen LogP contribution >= 0.6 is 22.9 Å². The average Bonchev–Trinajstić information content (AvgIpc) is 3.31. The number of piperazine rings is 1. The van der Waals surface area contributed by atoms with E-state index in [1.165, 1.54) is 20.7 Å². The molecule has 0 bridgehead atoms. The van der Waals surface area contributed by atoms with Gasteiger partial charge in [-0.1, -0.05) is 24.9 Å². The molecule has 1 atom stereocenters. The Kier molecular flexibility index (Phi) is 5.48. The molecule has 1 N–H and O–H groups in total. The van der Waals surface area contributed by atoms with E-state index in [-0.39, 0.29) is 6.10 Å². The minimum atomic E-state index is 0.191. The normalized spacial score (nSPS) is 19.4. The molecule has 29 heavy (non-hydrogen) atoms. The van der Waals surface area contributed by atoms with Crippen LogP contribution in [-0.2, 0) is 12.8 Å². The van der Waals surface area contributed by atoms with E-state index in [2.05, 4.69) is 46.4 Å². The van der Waals surface area contributed by atoms with E-state index in [9.17, 15) is 0 Å². The number of nitrogens with one attached hydrogen (secondary N) is 1. The molecule has 1 saturated heterocycles. The maximum absolute atomic E-state index is 6.54. The number of aromatic nitrogens is 1. The molecule has 0 amide bonds. The molecule has 1 fully saturated rings. The Morgan fingerprint density at radius 2 is 2.10 bits per heavy atom. The lowest BCUT2D eigenvalue weighted by Crippen LogP contribution is -2.47. The predicted octanol–water partition coefficient (Wildman–Crippen LogP) is 4.78. The highest BCUT2D eigenvalue weighted by Gasteiger charge is 2.29. The third-order valence-corrected chi connectivity index (χ3v) is 7.22. The number of pyridine rings is 1. The molecule has 0 saturated carbocycles. The highest BCUT2D eigenvalue weighted by atomic mass is 35.5. The van der Waals surface area contributed by atoms with Crippen molar-refractivity contribution in [3.63, 3.8) is 0 Å². The molecule has 0 spiro atoms. The molecule has 2 aromatic heterocycles. The second-order valence-electron chi connectivity index (χ2n) is 7.97. The van der Waals surface area contributed by atoms with E-state index < -0.39 is 0 Å². The van der Waals surface area contributed by atoms with Gasteiger partial charge in [-0.25, -0.2) is 0 Å². The van der Waals surface area contributed by atoms with E-state index in [0.717, 1.165) is 73.8 Å². The van der Waals surface area contributed by atoms with Crippen molar-refractivity contribution in [2.45, 2.75) is 32.3 Å². The van der Waals surface area contributed by atoms with E-state index in [1.54, 1.807) is 0 Å². The van der Waals surface area contributed by atoms with Crippen LogP contribution < -0.4 is 10.1 Å². The number of fused-ring (bicyclic) bond motifs is 2. The van der Waals surface area contributed by atoms with Crippen LogP contribution in [-0.4, -0.2) is 48.7 Å². The summed E-state index contributed by atoms with van der Waals surface area (Å²) in [5, 5.41) is 4.20. The lowest BCUT2D eigenvalue weighted by atomic mass is 10.0. The summed E-state index contributed by atoms with van der Waals surface area (Å²) in [6, 6.07) is 8.47. The number of aryl methyl sites for hydroxylation is 1. The van der Waals surface area contributed by atoms with Crippen molar-refractivity contribution in [1.29, 1.82) is 0 Å². The zero-order valence-corrected chi connectivity index (χ0v) is 18.3. The summed E-state index contributed by atoms with van der Waals surface area (Å²) < 4.78 is 7.75. The summed E-state index contributed by atoms with van der Waals surface area (Å²) in [7, 11) is 0. The minimum absolute atomic E-state index is 0.191. The fourth-order valence-corrected chi connectivity index (χ4v) is 5.93. The molecule has 2 aliphatic heterocycles. The van der Waals surface area contributed by atoms with Crippen molar-refractivity contribution < 1.29 is 4.74 Å². The molecule has 3 aromatic rings. The largest absolute Gasteiger partial charge is 0.488 e. The van der Waals surface area contributed by atoms with Gasteiger partial charge in [-0.2, -0.15) is 0 Å². The molecule has 2 aliphatic rings. The SMILES string of the molecule is CCCc1cc2nccc(-c3cc(Cl)cc4c3OC(CN3CCNCC3)C4)c2s1.